The molecule has 2 rings (SSSR count). The third-order valence-corrected chi connectivity index (χ3v) is 3.82. The second kappa shape index (κ2) is 4.68. The third-order valence-electron chi connectivity index (χ3n) is 2.02. The SMILES string of the molecule is CC(=O)CCc1nc(-c2cccs2)cs1. The fraction of sp³-hybridized carbons (Fsp3) is 0.273. The molecule has 4 heteroatoms. The summed E-state index contributed by atoms with van der Waals surface area (Å²) in [6.07, 6.45) is 1.36. The van der Waals surface area contributed by atoms with Crippen LogP contribution in [0.1, 0.15) is 18.4 Å². The van der Waals surface area contributed by atoms with Gasteiger partial charge in [-0.3, -0.25) is 0 Å². The van der Waals surface area contributed by atoms with Gasteiger partial charge in [0.1, 0.15) is 5.78 Å². The summed E-state index contributed by atoms with van der Waals surface area (Å²) in [5.41, 5.74) is 1.04. The van der Waals surface area contributed by atoms with E-state index in [4.69, 9.17) is 0 Å². The third kappa shape index (κ3) is 2.73. The normalized spacial score (nSPS) is 10.5. The monoisotopic (exact) mass is 237 g/mol. The zero-order chi connectivity index (χ0) is 10.7. The van der Waals surface area contributed by atoms with Gasteiger partial charge in [-0.05, 0) is 18.4 Å². The van der Waals surface area contributed by atoms with E-state index in [1.54, 1.807) is 29.6 Å². The van der Waals surface area contributed by atoms with Gasteiger partial charge in [-0.1, -0.05) is 6.07 Å². The average molecular weight is 237 g/mol. The Labute approximate surface area is 96.6 Å². The number of hydrogen-bond acceptors (Lipinski definition) is 4. The molecule has 0 saturated carbocycles. The summed E-state index contributed by atoms with van der Waals surface area (Å²) in [4.78, 5) is 16.5. The van der Waals surface area contributed by atoms with Crippen LogP contribution in [0.3, 0.4) is 0 Å². The Morgan fingerprint density at radius 3 is 3.00 bits per heavy atom. The van der Waals surface area contributed by atoms with Gasteiger partial charge >= 0.3 is 0 Å². The molecular formula is C11H11NOS2. The molecule has 0 saturated heterocycles. The number of Topliss-reactive ketones (excluding diaryl/α,β-unsaturated/α-hetero) is 1. The zero-order valence-corrected chi connectivity index (χ0v) is 10.0. The van der Waals surface area contributed by atoms with Crippen LogP contribution in [-0.4, -0.2) is 10.8 Å². The van der Waals surface area contributed by atoms with Gasteiger partial charge in [-0.25, -0.2) is 4.98 Å². The lowest BCUT2D eigenvalue weighted by Crippen LogP contribution is -1.93. The van der Waals surface area contributed by atoms with E-state index in [9.17, 15) is 4.79 Å². The van der Waals surface area contributed by atoms with E-state index in [1.165, 1.54) is 4.88 Å². The Bertz CT molecular complexity index is 445. The zero-order valence-electron chi connectivity index (χ0n) is 8.40. The largest absolute Gasteiger partial charge is 0.300 e. The second-order valence-corrected chi connectivity index (χ2v) is 5.20. The maximum Gasteiger partial charge on any atom is 0.130 e. The lowest BCUT2D eigenvalue weighted by Gasteiger charge is -1.91. The Balaban J connectivity index is 2.08. The number of aromatic nitrogens is 1. The number of aryl methyl sites for hydroxylation is 1. The van der Waals surface area contributed by atoms with Gasteiger partial charge in [0, 0.05) is 18.2 Å². The minimum Gasteiger partial charge on any atom is -0.300 e. The van der Waals surface area contributed by atoms with Crippen LogP contribution in [0.4, 0.5) is 0 Å². The highest BCUT2D eigenvalue weighted by molar-refractivity contribution is 7.14. The number of hydrogen-bond donors (Lipinski definition) is 0. The molecular weight excluding hydrogens is 226 g/mol. The van der Waals surface area contributed by atoms with Crippen LogP contribution in [0.5, 0.6) is 0 Å². The van der Waals surface area contributed by atoms with Crippen molar-refractivity contribution in [2.45, 2.75) is 19.8 Å². The van der Waals surface area contributed by atoms with E-state index in [1.807, 2.05) is 11.4 Å². The van der Waals surface area contributed by atoms with Crippen molar-refractivity contribution in [3.63, 3.8) is 0 Å². The first kappa shape index (κ1) is 10.5. The molecule has 0 amide bonds. The lowest BCUT2D eigenvalue weighted by molar-refractivity contribution is -0.116. The predicted molar refractivity (Wildman–Crippen MR) is 64.4 cm³/mol. The van der Waals surface area contributed by atoms with Crippen LogP contribution < -0.4 is 0 Å². The van der Waals surface area contributed by atoms with E-state index in [-0.39, 0.29) is 5.78 Å². The first-order valence-corrected chi connectivity index (χ1v) is 6.49. The molecule has 0 aromatic carbocycles. The van der Waals surface area contributed by atoms with Gasteiger partial charge in [0.2, 0.25) is 0 Å². The Morgan fingerprint density at radius 1 is 1.47 bits per heavy atom. The highest BCUT2D eigenvalue weighted by Gasteiger charge is 2.05. The molecule has 0 fully saturated rings. The molecule has 0 aliphatic rings. The van der Waals surface area contributed by atoms with E-state index in [0.29, 0.717) is 6.42 Å². The van der Waals surface area contributed by atoms with Gasteiger partial charge in [-0.15, -0.1) is 22.7 Å². The molecule has 2 nitrogen and oxygen atoms in total. The number of carbonyl (C=O) groups is 1. The molecule has 2 aromatic heterocycles. The molecule has 0 aliphatic heterocycles. The first-order valence-electron chi connectivity index (χ1n) is 4.73. The fourth-order valence-electron chi connectivity index (χ4n) is 1.25. The summed E-state index contributed by atoms with van der Waals surface area (Å²) in [7, 11) is 0. The molecule has 2 heterocycles. The minimum atomic E-state index is 0.225. The molecule has 0 spiro atoms. The van der Waals surface area contributed by atoms with E-state index >= 15 is 0 Å². The van der Waals surface area contributed by atoms with Crippen molar-refractivity contribution in [1.29, 1.82) is 0 Å². The minimum absolute atomic E-state index is 0.225. The summed E-state index contributed by atoms with van der Waals surface area (Å²) in [6.45, 7) is 1.62. The van der Waals surface area contributed by atoms with E-state index < -0.39 is 0 Å². The number of thiazole rings is 1. The van der Waals surface area contributed by atoms with Crippen LogP contribution in [0.25, 0.3) is 10.6 Å². The van der Waals surface area contributed by atoms with Crippen molar-refractivity contribution in [2.24, 2.45) is 0 Å². The van der Waals surface area contributed by atoms with Gasteiger partial charge in [0.15, 0.2) is 0 Å². The molecule has 0 radical (unpaired) electrons. The van der Waals surface area contributed by atoms with Gasteiger partial charge in [-0.2, -0.15) is 0 Å². The summed E-state index contributed by atoms with van der Waals surface area (Å²) in [6, 6.07) is 4.09. The summed E-state index contributed by atoms with van der Waals surface area (Å²) in [5, 5.41) is 5.15. The smallest absolute Gasteiger partial charge is 0.130 e. The van der Waals surface area contributed by atoms with Gasteiger partial charge < -0.3 is 4.79 Å². The number of rotatable bonds is 4. The summed E-state index contributed by atoms with van der Waals surface area (Å²) in [5.74, 6) is 0.225. The van der Waals surface area contributed by atoms with Crippen LogP contribution >= 0.6 is 22.7 Å². The number of nitrogens with zero attached hydrogens (tertiary/aromatic N) is 1. The summed E-state index contributed by atoms with van der Waals surface area (Å²) < 4.78 is 0. The molecule has 0 atom stereocenters. The molecule has 2 aromatic rings. The highest BCUT2D eigenvalue weighted by atomic mass is 32.1. The second-order valence-electron chi connectivity index (χ2n) is 3.31. The molecule has 78 valence electrons. The van der Waals surface area contributed by atoms with Crippen molar-refractivity contribution in [1.82, 2.24) is 4.98 Å². The molecule has 0 aliphatic carbocycles. The molecule has 0 bridgehead atoms. The number of carbonyl (C=O) groups excluding carboxylic acids is 1. The van der Waals surface area contributed by atoms with Crippen molar-refractivity contribution in [3.8, 4) is 10.6 Å². The van der Waals surface area contributed by atoms with Crippen LogP contribution in [0.2, 0.25) is 0 Å². The van der Waals surface area contributed by atoms with Crippen LogP contribution in [0, 0.1) is 0 Å². The fourth-order valence-corrected chi connectivity index (χ4v) is 2.81. The summed E-state index contributed by atoms with van der Waals surface area (Å²) >= 11 is 3.32. The molecule has 0 N–H and O–H groups in total. The number of thiophene rings is 1. The maximum atomic E-state index is 10.8. The highest BCUT2D eigenvalue weighted by Crippen LogP contribution is 2.26. The first-order chi connectivity index (χ1) is 7.25. The quantitative estimate of drug-likeness (QED) is 0.815. The van der Waals surface area contributed by atoms with Crippen LogP contribution in [-0.2, 0) is 11.2 Å². The van der Waals surface area contributed by atoms with Gasteiger partial charge in [0.05, 0.1) is 15.6 Å². The number of ketones is 1. The molecule has 15 heavy (non-hydrogen) atoms. The van der Waals surface area contributed by atoms with Crippen molar-refractivity contribution < 1.29 is 4.79 Å². The Hall–Kier alpha value is -1.00. The Kier molecular flexibility index (Phi) is 3.28. The van der Waals surface area contributed by atoms with E-state index in [2.05, 4.69) is 16.4 Å². The van der Waals surface area contributed by atoms with Crippen molar-refractivity contribution in [3.05, 3.63) is 27.9 Å². The van der Waals surface area contributed by atoms with Crippen LogP contribution in [0.15, 0.2) is 22.9 Å². The van der Waals surface area contributed by atoms with Gasteiger partial charge in [0.25, 0.3) is 0 Å². The maximum absolute atomic E-state index is 10.8. The predicted octanol–water partition coefficient (Wildman–Crippen LogP) is 3.39. The van der Waals surface area contributed by atoms with Crippen molar-refractivity contribution >= 4 is 28.5 Å². The van der Waals surface area contributed by atoms with E-state index in [0.717, 1.165) is 17.1 Å². The standard InChI is InChI=1S/C11H11NOS2/c1-8(13)4-5-11-12-9(7-15-11)10-3-2-6-14-10/h2-3,6-7H,4-5H2,1H3. The lowest BCUT2D eigenvalue weighted by atomic mass is 10.2. The Morgan fingerprint density at radius 2 is 2.33 bits per heavy atom. The topological polar surface area (TPSA) is 30.0 Å². The average Bonchev–Trinajstić information content (AvgIpc) is 2.85. The molecule has 0 unspecified atom stereocenters. The van der Waals surface area contributed by atoms with Crippen molar-refractivity contribution in [2.75, 3.05) is 0 Å².